The molecule has 1 aliphatic heterocycles. The Morgan fingerprint density at radius 1 is 1.47 bits per heavy atom. The maximum atomic E-state index is 11.1. The topological polar surface area (TPSA) is 81.6 Å². The minimum Gasteiger partial charge on any atom is -0.423 e. The van der Waals surface area contributed by atoms with Gasteiger partial charge in [-0.3, -0.25) is 4.79 Å². The van der Waals surface area contributed by atoms with Gasteiger partial charge in [-0.05, 0) is 25.1 Å². The van der Waals surface area contributed by atoms with Crippen molar-refractivity contribution in [1.29, 1.82) is 0 Å². The normalized spacial score (nSPS) is 17.2. The predicted octanol–water partition coefficient (Wildman–Crippen LogP) is 1.15. The summed E-state index contributed by atoms with van der Waals surface area (Å²) >= 11 is 0. The average molecular weight is 261 g/mol. The Hall–Kier alpha value is -2.08. The summed E-state index contributed by atoms with van der Waals surface area (Å²) in [6.07, 6.45) is 0. The van der Waals surface area contributed by atoms with E-state index in [9.17, 15) is 4.79 Å². The van der Waals surface area contributed by atoms with Gasteiger partial charge in [0.25, 0.3) is 6.01 Å². The van der Waals surface area contributed by atoms with E-state index in [-0.39, 0.29) is 5.54 Å². The van der Waals surface area contributed by atoms with Gasteiger partial charge in [0.1, 0.15) is 5.52 Å². The molecule has 0 aliphatic carbocycles. The zero-order valence-corrected chi connectivity index (χ0v) is 10.8. The molecule has 1 saturated heterocycles. The van der Waals surface area contributed by atoms with Gasteiger partial charge in [-0.2, -0.15) is 4.98 Å². The summed E-state index contributed by atoms with van der Waals surface area (Å²) in [6.45, 7) is 3.38. The van der Waals surface area contributed by atoms with Gasteiger partial charge in [-0.25, -0.2) is 0 Å². The van der Waals surface area contributed by atoms with Crippen LogP contribution in [0.1, 0.15) is 17.3 Å². The van der Waals surface area contributed by atoms with E-state index in [0.29, 0.717) is 35.9 Å². The van der Waals surface area contributed by atoms with Crippen molar-refractivity contribution in [3.05, 3.63) is 23.8 Å². The summed E-state index contributed by atoms with van der Waals surface area (Å²) in [4.78, 5) is 17.5. The lowest BCUT2D eigenvalue weighted by molar-refractivity contribution is -0.0471. The number of fused-ring (bicyclic) bond motifs is 1. The minimum atomic E-state index is -0.473. The van der Waals surface area contributed by atoms with Gasteiger partial charge in [0.15, 0.2) is 5.58 Å². The summed E-state index contributed by atoms with van der Waals surface area (Å²) in [5.74, 6) is -0.473. The van der Waals surface area contributed by atoms with Gasteiger partial charge in [0.05, 0.1) is 18.8 Å². The van der Waals surface area contributed by atoms with Crippen LogP contribution in [0.15, 0.2) is 22.6 Å². The molecule has 100 valence electrons. The third-order valence-corrected chi connectivity index (χ3v) is 3.58. The molecule has 2 aromatic rings. The predicted molar refractivity (Wildman–Crippen MR) is 70.2 cm³/mol. The molecule has 0 unspecified atom stereocenters. The number of nitrogens with two attached hydrogens (primary N) is 1. The monoisotopic (exact) mass is 261 g/mol. The fourth-order valence-corrected chi connectivity index (χ4v) is 2.03. The first-order chi connectivity index (χ1) is 8.99. The zero-order valence-electron chi connectivity index (χ0n) is 10.8. The Balaban J connectivity index is 1.99. The van der Waals surface area contributed by atoms with Gasteiger partial charge in [0.2, 0.25) is 5.91 Å². The van der Waals surface area contributed by atoms with Crippen LogP contribution in [0.25, 0.3) is 11.1 Å². The fraction of sp³-hybridized carbons (Fsp3) is 0.385. The number of primary amides is 1. The molecular weight excluding hydrogens is 246 g/mol. The minimum absolute atomic E-state index is 0.0899. The molecule has 1 aliphatic rings. The van der Waals surface area contributed by atoms with Crippen LogP contribution in [0, 0.1) is 0 Å². The number of hydrogen-bond acceptors (Lipinski definition) is 5. The van der Waals surface area contributed by atoms with Crippen LogP contribution < -0.4 is 10.6 Å². The highest BCUT2D eigenvalue weighted by Gasteiger charge is 2.39. The summed E-state index contributed by atoms with van der Waals surface area (Å²) in [6, 6.07) is 5.49. The summed E-state index contributed by atoms with van der Waals surface area (Å²) in [7, 11) is 1.92. The molecule has 0 bridgehead atoms. The largest absolute Gasteiger partial charge is 0.423 e. The first-order valence-electron chi connectivity index (χ1n) is 6.02. The number of amides is 1. The van der Waals surface area contributed by atoms with Gasteiger partial charge in [0, 0.05) is 12.6 Å². The van der Waals surface area contributed by atoms with Crippen LogP contribution in [0.2, 0.25) is 0 Å². The smallest absolute Gasteiger partial charge is 0.298 e. The number of nitrogens with zero attached hydrogens (tertiary/aromatic N) is 2. The zero-order chi connectivity index (χ0) is 13.6. The summed E-state index contributed by atoms with van der Waals surface area (Å²) in [5, 5.41) is 0. The number of anilines is 1. The number of likely N-dealkylation sites (N-methyl/N-ethyl adjacent to an activating group) is 1. The summed E-state index contributed by atoms with van der Waals surface area (Å²) in [5.41, 5.74) is 6.84. The number of ether oxygens (including phenoxy) is 1. The number of carbonyl (C=O) groups excluding carboxylic acids is 1. The Bertz CT molecular complexity index is 646. The van der Waals surface area contributed by atoms with Crippen molar-refractivity contribution in [2.45, 2.75) is 12.5 Å². The lowest BCUT2D eigenvalue weighted by Gasteiger charge is -2.44. The molecule has 2 N–H and O–H groups in total. The van der Waals surface area contributed by atoms with E-state index < -0.39 is 5.91 Å². The Kier molecular flexibility index (Phi) is 2.50. The molecule has 1 fully saturated rings. The first kappa shape index (κ1) is 12.0. The van der Waals surface area contributed by atoms with E-state index in [2.05, 4.69) is 11.9 Å². The maximum Gasteiger partial charge on any atom is 0.298 e. The van der Waals surface area contributed by atoms with E-state index in [4.69, 9.17) is 14.9 Å². The lowest BCUT2D eigenvalue weighted by atomic mass is 9.99. The standard InChI is InChI=1S/C13H15N3O3/c1-13(6-18-7-13)16(2)12-15-9-5-8(11(14)17)3-4-10(9)19-12/h3-5H,6-7H2,1-2H3,(H2,14,17). The Morgan fingerprint density at radius 2 is 2.21 bits per heavy atom. The van der Waals surface area contributed by atoms with E-state index in [0.717, 1.165) is 0 Å². The lowest BCUT2D eigenvalue weighted by Crippen LogP contribution is -2.59. The van der Waals surface area contributed by atoms with Crippen LogP contribution in [0.4, 0.5) is 6.01 Å². The molecule has 0 spiro atoms. The van der Waals surface area contributed by atoms with Gasteiger partial charge >= 0.3 is 0 Å². The van der Waals surface area contributed by atoms with Crippen LogP contribution >= 0.6 is 0 Å². The van der Waals surface area contributed by atoms with Crippen molar-refractivity contribution >= 4 is 23.0 Å². The van der Waals surface area contributed by atoms with Gasteiger partial charge < -0.3 is 19.8 Å². The molecule has 1 amide bonds. The quantitative estimate of drug-likeness (QED) is 0.896. The van der Waals surface area contributed by atoms with Crippen molar-refractivity contribution in [3.8, 4) is 0 Å². The van der Waals surface area contributed by atoms with Gasteiger partial charge in [-0.15, -0.1) is 0 Å². The molecule has 0 atom stereocenters. The van der Waals surface area contributed by atoms with Crippen LogP contribution in [-0.2, 0) is 4.74 Å². The average Bonchev–Trinajstić information content (AvgIpc) is 2.77. The Morgan fingerprint density at radius 3 is 2.79 bits per heavy atom. The van der Waals surface area contributed by atoms with Crippen LogP contribution in [-0.4, -0.2) is 36.7 Å². The first-order valence-corrected chi connectivity index (χ1v) is 6.02. The molecule has 1 aromatic heterocycles. The molecular formula is C13H15N3O3. The highest BCUT2D eigenvalue weighted by atomic mass is 16.5. The van der Waals surface area contributed by atoms with Crippen molar-refractivity contribution in [2.75, 3.05) is 25.2 Å². The maximum absolute atomic E-state index is 11.1. The molecule has 0 radical (unpaired) electrons. The molecule has 2 heterocycles. The third kappa shape index (κ3) is 1.84. The second kappa shape index (κ2) is 3.96. The third-order valence-electron chi connectivity index (χ3n) is 3.58. The SMILES string of the molecule is CN(c1nc2cc(C(N)=O)ccc2o1)C1(C)COC1. The van der Waals surface area contributed by atoms with E-state index >= 15 is 0 Å². The second-order valence-electron chi connectivity index (χ2n) is 5.09. The van der Waals surface area contributed by atoms with Crippen molar-refractivity contribution < 1.29 is 13.9 Å². The van der Waals surface area contributed by atoms with E-state index in [1.165, 1.54) is 0 Å². The van der Waals surface area contributed by atoms with Crippen molar-refractivity contribution in [3.63, 3.8) is 0 Å². The Labute approximate surface area is 110 Å². The number of benzene rings is 1. The summed E-state index contributed by atoms with van der Waals surface area (Å²) < 4.78 is 10.9. The molecule has 6 heteroatoms. The van der Waals surface area contributed by atoms with E-state index in [1.807, 2.05) is 11.9 Å². The fourth-order valence-electron chi connectivity index (χ4n) is 2.03. The number of carbonyl (C=O) groups is 1. The van der Waals surface area contributed by atoms with Gasteiger partial charge in [-0.1, -0.05) is 0 Å². The highest BCUT2D eigenvalue weighted by molar-refractivity contribution is 5.96. The second-order valence-corrected chi connectivity index (χ2v) is 5.09. The number of hydrogen-bond donors (Lipinski definition) is 1. The van der Waals surface area contributed by atoms with Crippen LogP contribution in [0.3, 0.4) is 0 Å². The molecule has 1 aromatic carbocycles. The van der Waals surface area contributed by atoms with Crippen LogP contribution in [0.5, 0.6) is 0 Å². The highest BCUT2D eigenvalue weighted by Crippen LogP contribution is 2.30. The molecule has 0 saturated carbocycles. The molecule has 6 nitrogen and oxygen atoms in total. The molecule has 3 rings (SSSR count). The van der Waals surface area contributed by atoms with Crippen molar-refractivity contribution in [2.24, 2.45) is 5.73 Å². The molecule has 19 heavy (non-hydrogen) atoms. The van der Waals surface area contributed by atoms with Crippen molar-refractivity contribution in [1.82, 2.24) is 4.98 Å². The number of oxazole rings is 1. The number of aromatic nitrogens is 1. The number of rotatable bonds is 3. The van der Waals surface area contributed by atoms with E-state index in [1.54, 1.807) is 18.2 Å².